The normalized spacial score (nSPS) is 13.1. The average molecular weight is 403 g/mol. The van der Waals surface area contributed by atoms with Crippen molar-refractivity contribution in [1.29, 1.82) is 0 Å². The van der Waals surface area contributed by atoms with Crippen molar-refractivity contribution in [2.75, 3.05) is 12.4 Å². The highest BCUT2D eigenvalue weighted by atomic mass is 19.1. The van der Waals surface area contributed by atoms with Gasteiger partial charge in [0.2, 0.25) is 0 Å². The van der Waals surface area contributed by atoms with Crippen LogP contribution in [0.15, 0.2) is 66.7 Å². The van der Waals surface area contributed by atoms with E-state index in [-0.39, 0.29) is 11.5 Å². The largest absolute Gasteiger partial charge is 0.356 e. The van der Waals surface area contributed by atoms with Gasteiger partial charge in [0, 0.05) is 41.4 Å². The van der Waals surface area contributed by atoms with E-state index >= 15 is 0 Å². The van der Waals surface area contributed by atoms with Crippen LogP contribution < -0.4 is 5.32 Å². The molecule has 3 aromatic carbocycles. The Balaban J connectivity index is 1.74. The molecular formula is C23H18FN3O3. The average Bonchev–Trinajstić information content (AvgIpc) is 3.12. The molecule has 150 valence electrons. The monoisotopic (exact) mass is 403 g/mol. The molecule has 1 N–H and O–H groups in total. The Kier molecular flexibility index (Phi) is 4.25. The molecule has 30 heavy (non-hydrogen) atoms. The first kappa shape index (κ1) is 18.3. The van der Waals surface area contributed by atoms with Gasteiger partial charge in [-0.25, -0.2) is 4.39 Å². The zero-order valence-corrected chi connectivity index (χ0v) is 16.1. The van der Waals surface area contributed by atoms with E-state index in [0.717, 1.165) is 22.3 Å². The second kappa shape index (κ2) is 6.96. The summed E-state index contributed by atoms with van der Waals surface area (Å²) in [7, 11) is 1.59. The van der Waals surface area contributed by atoms with Crippen LogP contribution in [-0.2, 0) is 11.3 Å². The Hall–Kier alpha value is -3.71. The zero-order chi connectivity index (χ0) is 20.8. The van der Waals surface area contributed by atoms with Crippen molar-refractivity contribution in [3.05, 3.63) is 93.9 Å². The molecule has 0 amide bonds. The summed E-state index contributed by atoms with van der Waals surface area (Å²) in [6, 6.07) is 19.4. The second-order valence-electron chi connectivity index (χ2n) is 7.24. The molecule has 4 aromatic rings. The number of nitro benzene ring substituents is 1. The third kappa shape index (κ3) is 2.83. The molecule has 1 atom stereocenters. The van der Waals surface area contributed by atoms with Crippen molar-refractivity contribution in [3.8, 4) is 11.1 Å². The fourth-order valence-corrected chi connectivity index (χ4v) is 4.19. The molecule has 0 aliphatic carbocycles. The molecule has 2 heterocycles. The molecule has 7 heteroatoms. The minimum Gasteiger partial charge on any atom is -0.356 e. The highest BCUT2D eigenvalue weighted by molar-refractivity contribution is 5.99. The quantitative estimate of drug-likeness (QED) is 0.240. The standard InChI is InChI=1S/C23H18FN3O3/c1-30-23(25-15-6-3-2-4-7-15)21-11-14-10-16(27(28)29)12-18-17-8-5-9-20(24)19(17)13-26(21)22(14)18/h2-12,23,25H,13H2,1H3. The third-order valence-corrected chi connectivity index (χ3v) is 5.52. The van der Waals surface area contributed by atoms with Gasteiger partial charge in [-0.3, -0.25) is 10.1 Å². The summed E-state index contributed by atoms with van der Waals surface area (Å²) in [4.78, 5) is 11.1. The lowest BCUT2D eigenvalue weighted by Crippen LogP contribution is -2.19. The number of aromatic nitrogens is 1. The first-order chi connectivity index (χ1) is 14.6. The predicted octanol–water partition coefficient (Wildman–Crippen LogP) is 5.47. The molecule has 1 unspecified atom stereocenters. The van der Waals surface area contributed by atoms with Crippen LogP contribution in [-0.4, -0.2) is 16.6 Å². The van der Waals surface area contributed by atoms with Gasteiger partial charge in [-0.1, -0.05) is 30.3 Å². The van der Waals surface area contributed by atoms with Crippen molar-refractivity contribution in [2.24, 2.45) is 0 Å². The number of benzene rings is 3. The summed E-state index contributed by atoms with van der Waals surface area (Å²) in [5, 5.41) is 15.6. The number of hydrogen-bond donors (Lipinski definition) is 1. The van der Waals surface area contributed by atoms with E-state index in [9.17, 15) is 14.5 Å². The summed E-state index contributed by atoms with van der Waals surface area (Å²) >= 11 is 0. The fourth-order valence-electron chi connectivity index (χ4n) is 4.19. The van der Waals surface area contributed by atoms with E-state index < -0.39 is 11.2 Å². The van der Waals surface area contributed by atoms with Crippen molar-refractivity contribution < 1.29 is 14.1 Å². The molecule has 0 saturated heterocycles. The molecule has 1 aliphatic rings. The van der Waals surface area contributed by atoms with Crippen LogP contribution in [0.3, 0.4) is 0 Å². The molecule has 1 aromatic heterocycles. The number of methoxy groups -OCH3 is 1. The summed E-state index contributed by atoms with van der Waals surface area (Å²) in [6.07, 6.45) is -0.514. The smallest absolute Gasteiger partial charge is 0.270 e. The predicted molar refractivity (Wildman–Crippen MR) is 113 cm³/mol. The maximum Gasteiger partial charge on any atom is 0.270 e. The van der Waals surface area contributed by atoms with Crippen molar-refractivity contribution >= 4 is 22.3 Å². The van der Waals surface area contributed by atoms with E-state index in [0.29, 0.717) is 23.2 Å². The summed E-state index contributed by atoms with van der Waals surface area (Å²) in [6.45, 7) is 0.321. The van der Waals surface area contributed by atoms with Crippen LogP contribution in [0.1, 0.15) is 17.5 Å². The van der Waals surface area contributed by atoms with Crippen LogP contribution in [0, 0.1) is 15.9 Å². The van der Waals surface area contributed by atoms with Gasteiger partial charge in [-0.15, -0.1) is 0 Å². The number of ether oxygens (including phenoxy) is 1. The van der Waals surface area contributed by atoms with E-state index in [1.807, 2.05) is 47.0 Å². The first-order valence-corrected chi connectivity index (χ1v) is 9.50. The first-order valence-electron chi connectivity index (χ1n) is 9.50. The van der Waals surface area contributed by atoms with E-state index in [4.69, 9.17) is 4.74 Å². The topological polar surface area (TPSA) is 69.3 Å². The molecule has 0 radical (unpaired) electrons. The number of hydrogen-bond acceptors (Lipinski definition) is 4. The lowest BCUT2D eigenvalue weighted by atomic mass is 9.94. The van der Waals surface area contributed by atoms with Crippen molar-refractivity contribution in [1.82, 2.24) is 4.57 Å². The number of para-hydroxylation sites is 1. The van der Waals surface area contributed by atoms with Gasteiger partial charge in [0.1, 0.15) is 5.82 Å². The van der Waals surface area contributed by atoms with Gasteiger partial charge >= 0.3 is 0 Å². The Bertz CT molecular complexity index is 1280. The molecule has 0 fully saturated rings. The van der Waals surface area contributed by atoms with E-state index in [1.54, 1.807) is 19.2 Å². The molecule has 0 bridgehead atoms. The van der Waals surface area contributed by atoms with Gasteiger partial charge in [-0.2, -0.15) is 0 Å². The van der Waals surface area contributed by atoms with Crippen molar-refractivity contribution in [2.45, 2.75) is 12.8 Å². The van der Waals surface area contributed by atoms with Gasteiger partial charge in [0.15, 0.2) is 6.23 Å². The maximum atomic E-state index is 14.7. The summed E-state index contributed by atoms with van der Waals surface area (Å²) < 4.78 is 22.4. The highest BCUT2D eigenvalue weighted by Gasteiger charge is 2.28. The van der Waals surface area contributed by atoms with Gasteiger partial charge in [0.05, 0.1) is 22.7 Å². The number of nitro groups is 1. The minimum atomic E-state index is -0.514. The Morgan fingerprint density at radius 2 is 1.90 bits per heavy atom. The molecule has 5 rings (SSSR count). The zero-order valence-electron chi connectivity index (χ0n) is 16.1. The summed E-state index contributed by atoms with van der Waals surface area (Å²) in [5.74, 6) is -0.331. The summed E-state index contributed by atoms with van der Waals surface area (Å²) in [5.41, 5.74) is 4.31. The number of fused-ring (bicyclic) bond motifs is 2. The van der Waals surface area contributed by atoms with Crippen LogP contribution >= 0.6 is 0 Å². The number of nitrogens with zero attached hydrogens (tertiary/aromatic N) is 2. The van der Waals surface area contributed by atoms with E-state index in [2.05, 4.69) is 5.32 Å². The number of nitrogens with one attached hydrogen (secondary N) is 1. The lowest BCUT2D eigenvalue weighted by molar-refractivity contribution is -0.384. The van der Waals surface area contributed by atoms with Crippen LogP contribution in [0.5, 0.6) is 0 Å². The second-order valence-corrected chi connectivity index (χ2v) is 7.24. The van der Waals surface area contributed by atoms with Gasteiger partial charge in [0.25, 0.3) is 5.69 Å². The molecular weight excluding hydrogens is 385 g/mol. The lowest BCUT2D eigenvalue weighted by Gasteiger charge is -2.25. The maximum absolute atomic E-state index is 14.7. The Labute approximate surface area is 171 Å². The minimum absolute atomic E-state index is 0.0247. The van der Waals surface area contributed by atoms with Crippen LogP contribution in [0.25, 0.3) is 22.0 Å². The van der Waals surface area contributed by atoms with Gasteiger partial charge < -0.3 is 14.6 Å². The van der Waals surface area contributed by atoms with E-state index in [1.165, 1.54) is 12.1 Å². The number of anilines is 1. The van der Waals surface area contributed by atoms with Crippen LogP contribution in [0.4, 0.5) is 15.8 Å². The fraction of sp³-hybridized carbons (Fsp3) is 0.130. The number of rotatable bonds is 5. The van der Waals surface area contributed by atoms with Crippen LogP contribution in [0.2, 0.25) is 0 Å². The van der Waals surface area contributed by atoms with Gasteiger partial charge in [-0.05, 0) is 29.8 Å². The molecule has 1 aliphatic heterocycles. The Morgan fingerprint density at radius 3 is 2.63 bits per heavy atom. The molecule has 0 saturated carbocycles. The third-order valence-electron chi connectivity index (χ3n) is 5.52. The number of non-ortho nitro benzene ring substituents is 1. The SMILES string of the molecule is COC(Nc1ccccc1)c1cc2cc([N+](=O)[O-])cc3c2n1Cc1c(F)cccc1-3. The highest BCUT2D eigenvalue weighted by Crippen LogP contribution is 2.42. The Morgan fingerprint density at radius 1 is 1.10 bits per heavy atom. The molecule has 0 spiro atoms. The van der Waals surface area contributed by atoms with Crippen molar-refractivity contribution in [3.63, 3.8) is 0 Å². The number of halogens is 1. The molecule has 6 nitrogen and oxygen atoms in total.